The number of phenols is 1. The highest BCUT2D eigenvalue weighted by Crippen LogP contribution is 2.29. The highest BCUT2D eigenvalue weighted by Gasteiger charge is 2.19. The van der Waals surface area contributed by atoms with Crippen LogP contribution in [-0.2, 0) is 9.53 Å². The van der Waals surface area contributed by atoms with Crippen LogP contribution in [0.1, 0.15) is 30.4 Å². The van der Waals surface area contributed by atoms with Crippen LogP contribution >= 0.6 is 0 Å². The molecule has 3 nitrogen and oxygen atoms in total. The van der Waals surface area contributed by atoms with Gasteiger partial charge >= 0.3 is 5.97 Å². The molecule has 0 radical (unpaired) electrons. The number of rotatable bonds is 5. The van der Waals surface area contributed by atoms with Gasteiger partial charge in [-0.15, -0.1) is 0 Å². The molecular weight excluding hydrogens is 271 g/mol. The molecule has 110 valence electrons. The Morgan fingerprint density at radius 3 is 2.14 bits per heavy atom. The Bertz CT molecular complexity index is 545. The summed E-state index contributed by atoms with van der Waals surface area (Å²) in [6.07, 6.45) is 0.171. The molecule has 0 aliphatic carbocycles. The molecule has 2 aromatic rings. The molecule has 0 unspecified atom stereocenters. The largest absolute Gasteiger partial charge is 0.508 e. The Morgan fingerprint density at radius 1 is 1.10 bits per heavy atom. The van der Waals surface area contributed by atoms with Crippen LogP contribution in [0, 0.1) is 5.82 Å². The van der Waals surface area contributed by atoms with Gasteiger partial charge in [-0.3, -0.25) is 4.79 Å². The highest BCUT2D eigenvalue weighted by atomic mass is 19.1. The minimum atomic E-state index is -0.320. The first kappa shape index (κ1) is 15.0. The van der Waals surface area contributed by atoms with Crippen molar-refractivity contribution in [1.82, 2.24) is 0 Å². The minimum absolute atomic E-state index is 0.160. The molecule has 0 aromatic heterocycles. The zero-order chi connectivity index (χ0) is 15.2. The fourth-order valence-electron chi connectivity index (χ4n) is 2.22. The van der Waals surface area contributed by atoms with Crippen LogP contribution < -0.4 is 0 Å². The number of ether oxygens (including phenoxy) is 1. The van der Waals surface area contributed by atoms with Crippen LogP contribution in [0.4, 0.5) is 4.39 Å². The lowest BCUT2D eigenvalue weighted by Gasteiger charge is -2.17. The molecule has 0 saturated carbocycles. The van der Waals surface area contributed by atoms with E-state index in [0.717, 1.165) is 11.1 Å². The van der Waals surface area contributed by atoms with Crippen molar-refractivity contribution in [3.8, 4) is 5.75 Å². The minimum Gasteiger partial charge on any atom is -0.508 e. The molecule has 0 fully saturated rings. The van der Waals surface area contributed by atoms with Crippen molar-refractivity contribution in [3.63, 3.8) is 0 Å². The molecule has 1 atom stereocenters. The number of hydrogen-bond donors (Lipinski definition) is 1. The zero-order valence-corrected chi connectivity index (χ0v) is 11.8. The van der Waals surface area contributed by atoms with Crippen LogP contribution in [0.25, 0.3) is 0 Å². The molecule has 0 saturated heterocycles. The predicted octanol–water partition coefficient (Wildman–Crippen LogP) is 3.62. The second-order valence-electron chi connectivity index (χ2n) is 4.70. The van der Waals surface area contributed by atoms with Crippen LogP contribution in [-0.4, -0.2) is 17.7 Å². The van der Waals surface area contributed by atoms with E-state index in [0.29, 0.717) is 6.61 Å². The Kier molecular flexibility index (Phi) is 4.93. The highest BCUT2D eigenvalue weighted by molar-refractivity contribution is 5.71. The average Bonchev–Trinajstić information content (AvgIpc) is 2.47. The standard InChI is InChI=1S/C17H17FO3/c1-2-21-17(20)11-16(12-3-7-14(18)8-4-12)13-5-9-15(19)10-6-13/h3-10,16,19H,2,11H2,1H3/t16-/m1/s1. The second kappa shape index (κ2) is 6.88. The lowest BCUT2D eigenvalue weighted by atomic mass is 9.88. The molecular formula is C17H17FO3. The van der Waals surface area contributed by atoms with Crippen LogP contribution in [0.3, 0.4) is 0 Å². The third-order valence-electron chi connectivity index (χ3n) is 3.24. The molecule has 2 rings (SSSR count). The molecule has 0 aliphatic rings. The number of carbonyl (C=O) groups is 1. The van der Waals surface area contributed by atoms with E-state index < -0.39 is 0 Å². The van der Waals surface area contributed by atoms with Crippen LogP contribution in [0.5, 0.6) is 5.75 Å². The average molecular weight is 288 g/mol. The summed E-state index contributed by atoms with van der Waals surface area (Å²) in [5.74, 6) is -0.697. The Hall–Kier alpha value is -2.36. The summed E-state index contributed by atoms with van der Waals surface area (Å²) in [6, 6.07) is 12.7. The Labute approximate surface area is 123 Å². The van der Waals surface area contributed by atoms with E-state index >= 15 is 0 Å². The van der Waals surface area contributed by atoms with Crippen molar-refractivity contribution in [2.24, 2.45) is 0 Å². The lowest BCUT2D eigenvalue weighted by molar-refractivity contribution is -0.143. The molecule has 0 spiro atoms. The molecule has 1 N–H and O–H groups in total. The maximum Gasteiger partial charge on any atom is 0.306 e. The number of carbonyl (C=O) groups excluding carboxylic acids is 1. The van der Waals surface area contributed by atoms with Gasteiger partial charge in [-0.05, 0) is 42.3 Å². The number of hydrogen-bond acceptors (Lipinski definition) is 3. The van der Waals surface area contributed by atoms with E-state index in [1.807, 2.05) is 0 Å². The predicted molar refractivity (Wildman–Crippen MR) is 77.6 cm³/mol. The van der Waals surface area contributed by atoms with Gasteiger partial charge in [0, 0.05) is 5.92 Å². The van der Waals surface area contributed by atoms with Gasteiger partial charge in [-0.1, -0.05) is 24.3 Å². The monoisotopic (exact) mass is 288 g/mol. The third-order valence-corrected chi connectivity index (χ3v) is 3.24. The van der Waals surface area contributed by atoms with Gasteiger partial charge < -0.3 is 9.84 Å². The first-order chi connectivity index (χ1) is 10.1. The van der Waals surface area contributed by atoms with E-state index in [4.69, 9.17) is 4.74 Å². The van der Waals surface area contributed by atoms with E-state index in [2.05, 4.69) is 0 Å². The number of benzene rings is 2. The van der Waals surface area contributed by atoms with Crippen molar-refractivity contribution in [3.05, 3.63) is 65.5 Å². The first-order valence-electron chi connectivity index (χ1n) is 6.80. The summed E-state index contributed by atoms with van der Waals surface area (Å²) >= 11 is 0. The van der Waals surface area contributed by atoms with Crippen molar-refractivity contribution < 1.29 is 19.0 Å². The van der Waals surface area contributed by atoms with Gasteiger partial charge in [0.2, 0.25) is 0 Å². The molecule has 0 aliphatic heterocycles. The summed E-state index contributed by atoms with van der Waals surface area (Å²) in [5, 5.41) is 9.37. The quantitative estimate of drug-likeness (QED) is 0.855. The van der Waals surface area contributed by atoms with Crippen molar-refractivity contribution >= 4 is 5.97 Å². The van der Waals surface area contributed by atoms with E-state index in [9.17, 15) is 14.3 Å². The summed E-state index contributed by atoms with van der Waals surface area (Å²) < 4.78 is 18.1. The molecule has 0 heterocycles. The van der Waals surface area contributed by atoms with Crippen LogP contribution in [0.15, 0.2) is 48.5 Å². The fraction of sp³-hybridized carbons (Fsp3) is 0.235. The second-order valence-corrected chi connectivity index (χ2v) is 4.70. The van der Waals surface area contributed by atoms with Crippen molar-refractivity contribution in [2.45, 2.75) is 19.3 Å². The van der Waals surface area contributed by atoms with E-state index in [-0.39, 0.29) is 29.9 Å². The van der Waals surface area contributed by atoms with Crippen molar-refractivity contribution in [1.29, 1.82) is 0 Å². The third kappa shape index (κ3) is 4.05. The molecule has 2 aromatic carbocycles. The molecule has 0 amide bonds. The first-order valence-corrected chi connectivity index (χ1v) is 6.80. The summed E-state index contributed by atoms with van der Waals surface area (Å²) in [4.78, 5) is 11.8. The summed E-state index contributed by atoms with van der Waals surface area (Å²) in [5.41, 5.74) is 1.70. The fourth-order valence-corrected chi connectivity index (χ4v) is 2.22. The van der Waals surface area contributed by atoms with E-state index in [1.165, 1.54) is 12.1 Å². The normalized spacial score (nSPS) is 11.9. The topological polar surface area (TPSA) is 46.5 Å². The smallest absolute Gasteiger partial charge is 0.306 e. The number of esters is 1. The van der Waals surface area contributed by atoms with Gasteiger partial charge in [0.25, 0.3) is 0 Å². The summed E-state index contributed by atoms with van der Waals surface area (Å²) in [7, 11) is 0. The number of phenolic OH excluding ortho intramolecular Hbond substituents is 1. The zero-order valence-electron chi connectivity index (χ0n) is 11.8. The van der Waals surface area contributed by atoms with Crippen LogP contribution in [0.2, 0.25) is 0 Å². The maximum absolute atomic E-state index is 13.1. The lowest BCUT2D eigenvalue weighted by Crippen LogP contribution is -2.11. The Morgan fingerprint density at radius 2 is 1.62 bits per heavy atom. The Balaban J connectivity index is 2.31. The van der Waals surface area contributed by atoms with Crippen molar-refractivity contribution in [2.75, 3.05) is 6.61 Å². The number of aromatic hydroxyl groups is 1. The molecule has 4 heteroatoms. The van der Waals surface area contributed by atoms with Gasteiger partial charge in [0.05, 0.1) is 13.0 Å². The molecule has 0 bridgehead atoms. The van der Waals surface area contributed by atoms with Gasteiger partial charge in [0.1, 0.15) is 11.6 Å². The van der Waals surface area contributed by atoms with Gasteiger partial charge in [0.15, 0.2) is 0 Å². The summed E-state index contributed by atoms with van der Waals surface area (Å²) in [6.45, 7) is 2.08. The van der Waals surface area contributed by atoms with Gasteiger partial charge in [-0.2, -0.15) is 0 Å². The molecule has 21 heavy (non-hydrogen) atoms. The van der Waals surface area contributed by atoms with Gasteiger partial charge in [-0.25, -0.2) is 4.39 Å². The number of halogens is 1. The van der Waals surface area contributed by atoms with E-state index in [1.54, 1.807) is 43.3 Å². The SMILES string of the molecule is CCOC(=O)C[C@@H](c1ccc(O)cc1)c1ccc(F)cc1. The maximum atomic E-state index is 13.1.